The van der Waals surface area contributed by atoms with Gasteiger partial charge in [-0.15, -0.1) is 0 Å². The second-order valence-corrected chi connectivity index (χ2v) is 4.36. The molecule has 106 valence electrons. The zero-order chi connectivity index (χ0) is 15.1. The summed E-state index contributed by atoms with van der Waals surface area (Å²) in [5.74, 6) is 0.0257. The lowest BCUT2D eigenvalue weighted by Gasteiger charge is -2.02. The van der Waals surface area contributed by atoms with E-state index in [0.29, 0.717) is 17.0 Å². The highest BCUT2D eigenvalue weighted by atomic mass is 16.5. The predicted octanol–water partition coefficient (Wildman–Crippen LogP) is 3.24. The highest BCUT2D eigenvalue weighted by Crippen LogP contribution is 2.25. The Morgan fingerprint density at radius 2 is 1.71 bits per heavy atom. The predicted molar refractivity (Wildman–Crippen MR) is 81.5 cm³/mol. The maximum Gasteiger partial charge on any atom is 0.181 e. The number of rotatable bonds is 6. The fourth-order valence-corrected chi connectivity index (χ4v) is 1.81. The molecule has 0 atom stereocenters. The molecule has 0 aliphatic carbocycles. The topological polar surface area (TPSA) is 55.7 Å². The normalized spacial score (nSPS) is 10.5. The number of hydrogen-bond acceptors (Lipinski definition) is 4. The zero-order valence-corrected chi connectivity index (χ0v) is 11.7. The smallest absolute Gasteiger partial charge is 0.181 e. The van der Waals surface area contributed by atoms with Crippen molar-refractivity contribution in [2.45, 2.75) is 6.42 Å². The van der Waals surface area contributed by atoms with Crippen LogP contribution in [0.1, 0.15) is 16.8 Å². The first-order valence-corrected chi connectivity index (χ1v) is 6.49. The van der Waals surface area contributed by atoms with Crippen LogP contribution in [0.4, 0.5) is 5.69 Å². The molecule has 0 radical (unpaired) electrons. The molecule has 2 rings (SSSR count). The molecule has 0 bridgehead atoms. The van der Waals surface area contributed by atoms with Crippen molar-refractivity contribution < 1.29 is 14.3 Å². The van der Waals surface area contributed by atoms with Gasteiger partial charge < -0.3 is 4.74 Å². The van der Waals surface area contributed by atoms with Crippen LogP contribution in [-0.2, 0) is 4.79 Å². The van der Waals surface area contributed by atoms with E-state index in [-0.39, 0.29) is 18.0 Å². The van der Waals surface area contributed by atoms with E-state index in [0.717, 1.165) is 0 Å². The van der Waals surface area contributed by atoms with Crippen LogP contribution in [0.2, 0.25) is 0 Å². The maximum atomic E-state index is 11.9. The van der Waals surface area contributed by atoms with E-state index in [1.807, 2.05) is 12.1 Å². The Balaban J connectivity index is 2.02. The largest absolute Gasteiger partial charge is 0.494 e. The van der Waals surface area contributed by atoms with Crippen LogP contribution in [0.3, 0.4) is 0 Å². The van der Waals surface area contributed by atoms with Gasteiger partial charge in [-0.1, -0.05) is 42.5 Å². The number of benzene rings is 2. The third-order valence-electron chi connectivity index (χ3n) is 2.86. The molecule has 2 aromatic rings. The van der Waals surface area contributed by atoms with E-state index in [9.17, 15) is 9.59 Å². The quantitative estimate of drug-likeness (QED) is 0.464. The molecule has 0 aliphatic rings. The van der Waals surface area contributed by atoms with E-state index in [4.69, 9.17) is 4.74 Å². The van der Waals surface area contributed by atoms with Gasteiger partial charge in [-0.05, 0) is 12.1 Å². The number of methoxy groups -OCH3 is 1. The molecule has 0 N–H and O–H groups in total. The van der Waals surface area contributed by atoms with Gasteiger partial charge in [0, 0.05) is 5.56 Å². The molecule has 0 spiro atoms. The number of nitrogens with zero attached hydrogens (tertiary/aromatic N) is 1. The Kier molecular flexibility index (Phi) is 4.99. The first-order valence-electron chi connectivity index (χ1n) is 6.49. The van der Waals surface area contributed by atoms with Crippen LogP contribution in [0.5, 0.6) is 5.75 Å². The van der Waals surface area contributed by atoms with Crippen LogP contribution in [0, 0.1) is 0 Å². The van der Waals surface area contributed by atoms with Gasteiger partial charge in [-0.2, -0.15) is 0 Å². The van der Waals surface area contributed by atoms with Crippen LogP contribution in [0.25, 0.3) is 0 Å². The molecule has 0 heterocycles. The lowest BCUT2D eigenvalue weighted by molar-refractivity contribution is -0.111. The number of hydrogen-bond donors (Lipinski definition) is 0. The number of carbonyl (C=O) groups is 2. The molecular formula is C17H15NO3. The van der Waals surface area contributed by atoms with Crippen molar-refractivity contribution in [2.24, 2.45) is 4.99 Å². The Bertz CT molecular complexity index is 663. The van der Waals surface area contributed by atoms with Gasteiger partial charge in [-0.3, -0.25) is 9.59 Å². The lowest BCUT2D eigenvalue weighted by atomic mass is 10.1. The molecule has 21 heavy (non-hydrogen) atoms. The van der Waals surface area contributed by atoms with Crippen LogP contribution < -0.4 is 4.74 Å². The summed E-state index contributed by atoms with van der Waals surface area (Å²) in [5, 5.41) is 0. The summed E-state index contributed by atoms with van der Waals surface area (Å²) in [6.45, 7) is 0. The average molecular weight is 281 g/mol. The standard InChI is InChI=1S/C17H15NO3/c1-21-17-10-6-5-9-15(17)18-12-14(19)11-16(20)13-7-3-2-4-8-13/h2-10,12H,11H2,1H3. The second-order valence-electron chi connectivity index (χ2n) is 4.36. The van der Waals surface area contributed by atoms with E-state index in [2.05, 4.69) is 4.99 Å². The van der Waals surface area contributed by atoms with Gasteiger partial charge >= 0.3 is 0 Å². The van der Waals surface area contributed by atoms with E-state index < -0.39 is 0 Å². The summed E-state index contributed by atoms with van der Waals surface area (Å²) >= 11 is 0. The molecule has 2 aromatic carbocycles. The highest BCUT2D eigenvalue weighted by molar-refractivity contribution is 6.33. The number of Topliss-reactive ketones (excluding diaryl/α,β-unsaturated/α-hetero) is 2. The minimum atomic E-state index is -0.338. The Morgan fingerprint density at radius 1 is 1.05 bits per heavy atom. The van der Waals surface area contributed by atoms with Crippen molar-refractivity contribution in [3.05, 3.63) is 60.2 Å². The Hall–Kier alpha value is -2.75. The van der Waals surface area contributed by atoms with Gasteiger partial charge in [0.25, 0.3) is 0 Å². The van der Waals surface area contributed by atoms with Crippen LogP contribution in [-0.4, -0.2) is 24.9 Å². The van der Waals surface area contributed by atoms with E-state index in [1.54, 1.807) is 42.5 Å². The maximum absolute atomic E-state index is 11.9. The van der Waals surface area contributed by atoms with Gasteiger partial charge in [0.2, 0.25) is 0 Å². The fraction of sp³-hybridized carbons (Fsp3) is 0.118. The van der Waals surface area contributed by atoms with Crippen molar-refractivity contribution in [3.8, 4) is 5.75 Å². The van der Waals surface area contributed by atoms with Crippen molar-refractivity contribution in [3.63, 3.8) is 0 Å². The van der Waals surface area contributed by atoms with Crippen molar-refractivity contribution in [2.75, 3.05) is 7.11 Å². The Labute approximate surface area is 123 Å². The third-order valence-corrected chi connectivity index (χ3v) is 2.86. The average Bonchev–Trinajstić information content (AvgIpc) is 2.54. The SMILES string of the molecule is COc1ccccc1N=CC(=O)CC(=O)c1ccccc1. The molecule has 0 aliphatic heterocycles. The Morgan fingerprint density at radius 3 is 2.43 bits per heavy atom. The van der Waals surface area contributed by atoms with Crippen LogP contribution in [0.15, 0.2) is 59.6 Å². The monoisotopic (exact) mass is 281 g/mol. The lowest BCUT2D eigenvalue weighted by Crippen LogP contribution is -2.08. The summed E-state index contributed by atoms with van der Waals surface area (Å²) in [6, 6.07) is 15.8. The number of para-hydroxylation sites is 2. The molecule has 0 saturated carbocycles. The molecule has 0 saturated heterocycles. The highest BCUT2D eigenvalue weighted by Gasteiger charge is 2.10. The van der Waals surface area contributed by atoms with Gasteiger partial charge in [0.1, 0.15) is 11.4 Å². The van der Waals surface area contributed by atoms with Crippen LogP contribution >= 0.6 is 0 Å². The number of carbonyl (C=O) groups excluding carboxylic acids is 2. The summed E-state index contributed by atoms with van der Waals surface area (Å²) in [6.07, 6.45) is 0.974. The van der Waals surface area contributed by atoms with Crippen molar-refractivity contribution in [1.82, 2.24) is 0 Å². The van der Waals surface area contributed by atoms with Crippen molar-refractivity contribution >= 4 is 23.5 Å². The number of ether oxygens (including phenoxy) is 1. The first-order chi connectivity index (χ1) is 10.2. The molecule has 0 amide bonds. The molecule has 4 heteroatoms. The molecule has 0 aromatic heterocycles. The second kappa shape index (κ2) is 7.14. The molecular weight excluding hydrogens is 266 g/mol. The van der Waals surface area contributed by atoms with E-state index in [1.165, 1.54) is 13.3 Å². The summed E-state index contributed by atoms with van der Waals surface area (Å²) in [5.41, 5.74) is 1.08. The summed E-state index contributed by atoms with van der Waals surface area (Å²) in [4.78, 5) is 27.7. The zero-order valence-electron chi connectivity index (χ0n) is 11.7. The third kappa shape index (κ3) is 4.11. The van der Waals surface area contributed by atoms with Crippen molar-refractivity contribution in [1.29, 1.82) is 0 Å². The minimum Gasteiger partial charge on any atom is -0.494 e. The van der Waals surface area contributed by atoms with E-state index >= 15 is 0 Å². The summed E-state index contributed by atoms with van der Waals surface area (Å²) < 4.78 is 5.14. The fourth-order valence-electron chi connectivity index (χ4n) is 1.81. The minimum absolute atomic E-state index is 0.192. The molecule has 0 unspecified atom stereocenters. The summed E-state index contributed by atoms with van der Waals surface area (Å²) in [7, 11) is 1.54. The van der Waals surface area contributed by atoms with Gasteiger partial charge in [-0.25, -0.2) is 4.99 Å². The first kappa shape index (κ1) is 14.7. The molecule has 4 nitrogen and oxygen atoms in total. The molecule has 0 fully saturated rings. The number of aliphatic imine (C=N–C) groups is 1. The number of ketones is 2. The van der Waals surface area contributed by atoms with Gasteiger partial charge in [0.15, 0.2) is 11.6 Å². The van der Waals surface area contributed by atoms with Gasteiger partial charge in [0.05, 0.1) is 19.7 Å².